The van der Waals surface area contributed by atoms with Crippen molar-refractivity contribution in [2.75, 3.05) is 0 Å². The highest BCUT2D eigenvalue weighted by atomic mass is 79.9. The van der Waals surface area contributed by atoms with E-state index in [2.05, 4.69) is 15.9 Å². The van der Waals surface area contributed by atoms with E-state index >= 15 is 0 Å². The molecule has 0 unspecified atom stereocenters. The van der Waals surface area contributed by atoms with Crippen molar-refractivity contribution in [1.29, 1.82) is 0 Å². The van der Waals surface area contributed by atoms with Gasteiger partial charge in [-0.15, -0.1) is 0 Å². The Morgan fingerprint density at radius 2 is 2.20 bits per heavy atom. The Bertz CT molecular complexity index is 303. The molecule has 0 saturated heterocycles. The normalized spacial score (nSPS) is 9.90. The molecule has 0 radical (unpaired) electrons. The van der Waals surface area contributed by atoms with E-state index in [1.165, 1.54) is 4.57 Å². The summed E-state index contributed by atoms with van der Waals surface area (Å²) in [4.78, 5) is 11.1. The van der Waals surface area contributed by atoms with Crippen LogP contribution in [0.15, 0.2) is 21.5 Å². The van der Waals surface area contributed by atoms with Crippen LogP contribution in [-0.2, 0) is 7.05 Å². The van der Waals surface area contributed by atoms with Crippen LogP contribution in [0.4, 0.5) is 0 Å². The van der Waals surface area contributed by atoms with Gasteiger partial charge >= 0.3 is 0 Å². The van der Waals surface area contributed by atoms with Crippen molar-refractivity contribution in [2.24, 2.45) is 7.05 Å². The van der Waals surface area contributed by atoms with Crippen LogP contribution in [0, 0.1) is 6.92 Å². The monoisotopic (exact) mass is 201 g/mol. The van der Waals surface area contributed by atoms with Gasteiger partial charge in [-0.3, -0.25) is 4.79 Å². The number of nitrogens with zero attached hydrogens (tertiary/aromatic N) is 1. The number of aromatic nitrogens is 1. The third kappa shape index (κ3) is 1.14. The molecule has 1 aromatic heterocycles. The quantitative estimate of drug-likeness (QED) is 0.624. The fourth-order valence-corrected chi connectivity index (χ4v) is 1.10. The van der Waals surface area contributed by atoms with Crippen LogP contribution in [0.5, 0.6) is 0 Å². The third-order valence-corrected chi connectivity index (χ3v) is 2.37. The highest BCUT2D eigenvalue weighted by molar-refractivity contribution is 9.10. The number of halogens is 1. The molecule has 0 aliphatic carbocycles. The summed E-state index contributed by atoms with van der Waals surface area (Å²) in [6, 6.07) is 1.89. The molecular formula is C7H8BrNO. The summed E-state index contributed by atoms with van der Waals surface area (Å²) in [5, 5.41) is 0. The first-order valence-electron chi connectivity index (χ1n) is 2.94. The van der Waals surface area contributed by atoms with Gasteiger partial charge in [-0.25, -0.2) is 0 Å². The molecule has 2 nitrogen and oxygen atoms in total. The molecule has 0 saturated carbocycles. The van der Waals surface area contributed by atoms with Crippen LogP contribution < -0.4 is 5.56 Å². The molecule has 0 amide bonds. The predicted octanol–water partition coefficient (Wildman–Crippen LogP) is 1.46. The van der Waals surface area contributed by atoms with E-state index in [9.17, 15) is 4.79 Å². The van der Waals surface area contributed by atoms with E-state index in [0.717, 1.165) is 5.56 Å². The highest BCUT2D eigenvalue weighted by Crippen LogP contribution is 2.07. The van der Waals surface area contributed by atoms with E-state index in [4.69, 9.17) is 0 Å². The maximum Gasteiger partial charge on any atom is 0.264 e. The maximum absolute atomic E-state index is 11.1. The molecule has 10 heavy (non-hydrogen) atoms. The molecule has 0 spiro atoms. The van der Waals surface area contributed by atoms with Gasteiger partial charge < -0.3 is 4.57 Å². The van der Waals surface area contributed by atoms with Gasteiger partial charge in [0.15, 0.2) is 0 Å². The average molecular weight is 202 g/mol. The van der Waals surface area contributed by atoms with Gasteiger partial charge in [0.05, 0.1) is 4.47 Å². The molecule has 3 heteroatoms. The molecule has 54 valence electrons. The summed E-state index contributed by atoms with van der Waals surface area (Å²) in [5.74, 6) is 0. The molecule has 0 aromatic carbocycles. The average Bonchev–Trinajstić information content (AvgIpc) is 1.93. The van der Waals surface area contributed by atoms with Crippen molar-refractivity contribution in [2.45, 2.75) is 6.92 Å². The van der Waals surface area contributed by atoms with Crippen molar-refractivity contribution < 1.29 is 0 Å². The van der Waals surface area contributed by atoms with Crippen LogP contribution in [0.3, 0.4) is 0 Å². The van der Waals surface area contributed by atoms with Crippen molar-refractivity contribution in [3.63, 3.8) is 0 Å². The van der Waals surface area contributed by atoms with E-state index in [1.807, 2.05) is 13.0 Å². The minimum Gasteiger partial charge on any atom is -0.318 e. The van der Waals surface area contributed by atoms with Gasteiger partial charge in [0, 0.05) is 13.2 Å². The minimum absolute atomic E-state index is 0.0139. The first-order valence-corrected chi connectivity index (χ1v) is 3.74. The SMILES string of the molecule is Cc1ccn(C)c(=O)c1Br. The Labute approximate surface area is 67.6 Å². The van der Waals surface area contributed by atoms with E-state index in [0.29, 0.717) is 4.47 Å². The largest absolute Gasteiger partial charge is 0.318 e. The van der Waals surface area contributed by atoms with Crippen LogP contribution in [0.1, 0.15) is 5.56 Å². The second-order valence-electron chi connectivity index (χ2n) is 2.23. The zero-order chi connectivity index (χ0) is 7.72. The Hall–Kier alpha value is -0.570. The summed E-state index contributed by atoms with van der Waals surface area (Å²) in [7, 11) is 1.73. The van der Waals surface area contributed by atoms with E-state index in [-0.39, 0.29) is 5.56 Å². The Morgan fingerprint density at radius 1 is 1.60 bits per heavy atom. The predicted molar refractivity (Wildman–Crippen MR) is 44.1 cm³/mol. The number of hydrogen-bond acceptors (Lipinski definition) is 1. The van der Waals surface area contributed by atoms with Gasteiger partial charge in [-0.1, -0.05) is 0 Å². The molecule has 1 rings (SSSR count). The van der Waals surface area contributed by atoms with Gasteiger partial charge in [0.1, 0.15) is 0 Å². The fourth-order valence-electron chi connectivity index (χ4n) is 0.688. The van der Waals surface area contributed by atoms with Crippen molar-refractivity contribution in [3.05, 3.63) is 32.7 Å². The molecule has 0 bridgehead atoms. The van der Waals surface area contributed by atoms with Gasteiger partial charge in [0.25, 0.3) is 5.56 Å². The summed E-state index contributed by atoms with van der Waals surface area (Å²) in [6.07, 6.45) is 1.75. The Kier molecular flexibility index (Phi) is 1.94. The number of hydrogen-bond donors (Lipinski definition) is 0. The number of rotatable bonds is 0. The molecule has 0 N–H and O–H groups in total. The molecule has 1 heterocycles. The van der Waals surface area contributed by atoms with E-state index < -0.39 is 0 Å². The van der Waals surface area contributed by atoms with Crippen LogP contribution in [0.25, 0.3) is 0 Å². The van der Waals surface area contributed by atoms with Gasteiger partial charge in [-0.2, -0.15) is 0 Å². The third-order valence-electron chi connectivity index (χ3n) is 1.40. The first-order chi connectivity index (χ1) is 4.63. The zero-order valence-electron chi connectivity index (χ0n) is 5.89. The summed E-state index contributed by atoms with van der Waals surface area (Å²) in [6.45, 7) is 1.89. The van der Waals surface area contributed by atoms with Gasteiger partial charge in [0.2, 0.25) is 0 Å². The summed E-state index contributed by atoms with van der Waals surface area (Å²) < 4.78 is 2.19. The lowest BCUT2D eigenvalue weighted by Crippen LogP contribution is -2.16. The number of aryl methyl sites for hydroxylation is 2. The van der Waals surface area contributed by atoms with Gasteiger partial charge in [-0.05, 0) is 34.5 Å². The standard InChI is InChI=1S/C7H8BrNO/c1-5-3-4-9(2)7(10)6(5)8/h3-4H,1-2H3. The summed E-state index contributed by atoms with van der Waals surface area (Å²) in [5.41, 5.74) is 0.989. The van der Waals surface area contributed by atoms with Crippen molar-refractivity contribution in [3.8, 4) is 0 Å². The highest BCUT2D eigenvalue weighted by Gasteiger charge is 1.98. The second kappa shape index (κ2) is 2.58. The summed E-state index contributed by atoms with van der Waals surface area (Å²) >= 11 is 3.20. The molecule has 0 atom stereocenters. The second-order valence-corrected chi connectivity index (χ2v) is 3.02. The topological polar surface area (TPSA) is 22.0 Å². The smallest absolute Gasteiger partial charge is 0.264 e. The minimum atomic E-state index is 0.0139. The lowest BCUT2D eigenvalue weighted by atomic mass is 10.3. The molecule has 1 aromatic rings. The molecule has 0 fully saturated rings. The number of pyridine rings is 1. The maximum atomic E-state index is 11.1. The van der Waals surface area contributed by atoms with Crippen molar-refractivity contribution in [1.82, 2.24) is 4.57 Å². The Morgan fingerprint density at radius 3 is 2.70 bits per heavy atom. The lowest BCUT2D eigenvalue weighted by Gasteiger charge is -1.98. The van der Waals surface area contributed by atoms with Crippen LogP contribution in [-0.4, -0.2) is 4.57 Å². The zero-order valence-corrected chi connectivity index (χ0v) is 7.47. The first kappa shape index (κ1) is 7.54. The lowest BCUT2D eigenvalue weighted by molar-refractivity contribution is 0.848. The Balaban J connectivity index is 3.50. The van der Waals surface area contributed by atoms with Crippen LogP contribution >= 0.6 is 15.9 Å². The molecular weight excluding hydrogens is 194 g/mol. The van der Waals surface area contributed by atoms with Crippen LogP contribution in [0.2, 0.25) is 0 Å². The van der Waals surface area contributed by atoms with Crippen molar-refractivity contribution >= 4 is 15.9 Å². The molecule has 0 aliphatic heterocycles. The fraction of sp³-hybridized carbons (Fsp3) is 0.286. The molecule has 0 aliphatic rings. The van der Waals surface area contributed by atoms with E-state index in [1.54, 1.807) is 13.2 Å².